The van der Waals surface area contributed by atoms with Crippen LogP contribution in [-0.4, -0.2) is 23.4 Å². The number of aliphatic hydroxyl groups excluding tert-OH is 2. The van der Waals surface area contributed by atoms with Crippen molar-refractivity contribution in [2.45, 2.75) is 26.7 Å². The predicted molar refractivity (Wildman–Crippen MR) is 172 cm³/mol. The van der Waals surface area contributed by atoms with Gasteiger partial charge in [0.15, 0.2) is 0 Å². The second-order valence-corrected chi connectivity index (χ2v) is 10.5. The van der Waals surface area contributed by atoms with E-state index in [2.05, 4.69) is 146 Å². The molecule has 0 aliphatic carbocycles. The molecule has 5 aromatic carbocycles. The topological polar surface area (TPSA) is 43.7 Å². The first-order valence-corrected chi connectivity index (χ1v) is 14.2. The molecule has 0 unspecified atom stereocenters. The van der Waals surface area contributed by atoms with Crippen LogP contribution in [0.1, 0.15) is 38.9 Å². The Bertz CT molecular complexity index is 1470. The Morgan fingerprint density at radius 2 is 0.878 bits per heavy atom. The zero-order chi connectivity index (χ0) is 28.6. The van der Waals surface area contributed by atoms with Gasteiger partial charge < -0.3 is 15.1 Å². The van der Waals surface area contributed by atoms with E-state index in [1.165, 1.54) is 11.1 Å². The van der Waals surface area contributed by atoms with Crippen LogP contribution >= 0.6 is 0 Å². The van der Waals surface area contributed by atoms with Crippen molar-refractivity contribution in [3.8, 4) is 0 Å². The number of benzene rings is 5. The Kier molecular flexibility index (Phi) is 9.10. The SMILES string of the molecule is Cc1ccc(N(c2ccc(C)cc2)c2ccc(C=C(c3ccc(CCO)cc3)c3ccc(CCO)cc3)cc2)cc1. The Balaban J connectivity index is 1.53. The molecule has 5 rings (SSSR count). The Morgan fingerprint density at radius 3 is 1.24 bits per heavy atom. The van der Waals surface area contributed by atoms with Crippen LogP contribution in [0.3, 0.4) is 0 Å². The first kappa shape index (κ1) is 28.1. The van der Waals surface area contributed by atoms with Crippen molar-refractivity contribution >= 4 is 28.7 Å². The van der Waals surface area contributed by atoms with Crippen LogP contribution in [0.4, 0.5) is 17.1 Å². The molecule has 5 aromatic rings. The average Bonchev–Trinajstić information content (AvgIpc) is 3.00. The van der Waals surface area contributed by atoms with E-state index in [1.807, 2.05) is 0 Å². The van der Waals surface area contributed by atoms with Gasteiger partial charge in [-0.2, -0.15) is 0 Å². The smallest absolute Gasteiger partial charge is 0.0471 e. The van der Waals surface area contributed by atoms with Gasteiger partial charge in [0.05, 0.1) is 0 Å². The van der Waals surface area contributed by atoms with Crippen molar-refractivity contribution in [3.63, 3.8) is 0 Å². The van der Waals surface area contributed by atoms with Gasteiger partial charge in [0, 0.05) is 30.3 Å². The largest absolute Gasteiger partial charge is 0.396 e. The fourth-order valence-electron chi connectivity index (χ4n) is 5.01. The maximum atomic E-state index is 9.34. The van der Waals surface area contributed by atoms with E-state index >= 15 is 0 Å². The minimum atomic E-state index is 0.142. The van der Waals surface area contributed by atoms with Crippen LogP contribution in [0.2, 0.25) is 0 Å². The van der Waals surface area contributed by atoms with Gasteiger partial charge in [-0.05, 0) is 103 Å². The first-order valence-electron chi connectivity index (χ1n) is 14.2. The summed E-state index contributed by atoms with van der Waals surface area (Å²) < 4.78 is 0. The monoisotopic (exact) mass is 539 g/mol. The third kappa shape index (κ3) is 7.01. The van der Waals surface area contributed by atoms with Crippen molar-refractivity contribution < 1.29 is 10.2 Å². The van der Waals surface area contributed by atoms with E-state index in [-0.39, 0.29) is 13.2 Å². The van der Waals surface area contributed by atoms with E-state index in [0.717, 1.165) is 50.5 Å². The lowest BCUT2D eigenvalue weighted by atomic mass is 9.93. The molecule has 0 atom stereocenters. The summed E-state index contributed by atoms with van der Waals surface area (Å²) in [5.41, 5.74) is 12.5. The van der Waals surface area contributed by atoms with Crippen molar-refractivity contribution in [3.05, 3.63) is 160 Å². The summed E-state index contributed by atoms with van der Waals surface area (Å²) in [6.45, 7) is 4.50. The number of rotatable bonds is 10. The Hall–Kier alpha value is -4.44. The minimum absolute atomic E-state index is 0.142. The molecule has 0 spiro atoms. The minimum Gasteiger partial charge on any atom is -0.396 e. The van der Waals surface area contributed by atoms with Crippen LogP contribution in [0.5, 0.6) is 0 Å². The molecule has 0 fully saturated rings. The molecule has 0 amide bonds. The van der Waals surface area contributed by atoms with E-state index in [9.17, 15) is 10.2 Å². The van der Waals surface area contributed by atoms with Gasteiger partial charge in [-0.25, -0.2) is 0 Å². The van der Waals surface area contributed by atoms with E-state index in [1.54, 1.807) is 0 Å². The number of hydrogen-bond donors (Lipinski definition) is 2. The highest BCUT2D eigenvalue weighted by Gasteiger charge is 2.13. The summed E-state index contributed by atoms with van der Waals surface area (Å²) >= 11 is 0. The summed E-state index contributed by atoms with van der Waals surface area (Å²) in [7, 11) is 0. The fraction of sp³-hybridized carbons (Fsp3) is 0.158. The van der Waals surface area contributed by atoms with Gasteiger partial charge in [-0.3, -0.25) is 0 Å². The van der Waals surface area contributed by atoms with Crippen LogP contribution in [0, 0.1) is 13.8 Å². The van der Waals surface area contributed by atoms with Crippen molar-refractivity contribution in [2.75, 3.05) is 18.1 Å². The standard InChI is InChI=1S/C38H37NO2/c1-28-3-17-35(18-4-28)39(36-19-5-29(2)6-20-36)37-21-11-32(12-22-37)27-38(33-13-7-30(8-14-33)23-25-40)34-15-9-31(10-16-34)24-26-41/h3-22,27,40-41H,23-26H2,1-2H3. The van der Waals surface area contributed by atoms with E-state index in [4.69, 9.17) is 0 Å². The zero-order valence-corrected chi connectivity index (χ0v) is 23.8. The molecule has 2 N–H and O–H groups in total. The first-order chi connectivity index (χ1) is 20.0. The van der Waals surface area contributed by atoms with Crippen LogP contribution in [0.25, 0.3) is 11.6 Å². The van der Waals surface area contributed by atoms with Gasteiger partial charge in [-0.15, -0.1) is 0 Å². The number of aryl methyl sites for hydroxylation is 2. The highest BCUT2D eigenvalue weighted by Crippen LogP contribution is 2.35. The summed E-state index contributed by atoms with van der Waals surface area (Å²) in [6, 6.07) is 42.8. The molecule has 0 bridgehead atoms. The average molecular weight is 540 g/mol. The molecule has 0 saturated heterocycles. The number of nitrogens with zero attached hydrogens (tertiary/aromatic N) is 1. The molecule has 0 heterocycles. The number of hydrogen-bond acceptors (Lipinski definition) is 3. The molecular weight excluding hydrogens is 502 g/mol. The Morgan fingerprint density at radius 1 is 0.512 bits per heavy atom. The third-order valence-electron chi connectivity index (χ3n) is 7.38. The molecule has 0 radical (unpaired) electrons. The molecule has 0 aliphatic rings. The maximum Gasteiger partial charge on any atom is 0.0471 e. The predicted octanol–water partition coefficient (Wildman–Crippen LogP) is 8.43. The normalized spacial score (nSPS) is 10.8. The van der Waals surface area contributed by atoms with E-state index in [0.29, 0.717) is 12.8 Å². The molecule has 0 saturated carbocycles. The lowest BCUT2D eigenvalue weighted by molar-refractivity contribution is 0.299. The van der Waals surface area contributed by atoms with Crippen LogP contribution < -0.4 is 4.90 Å². The van der Waals surface area contributed by atoms with Gasteiger partial charge in [0.25, 0.3) is 0 Å². The fourth-order valence-corrected chi connectivity index (χ4v) is 5.01. The summed E-state index contributed by atoms with van der Waals surface area (Å²) in [6.07, 6.45) is 3.53. The summed E-state index contributed by atoms with van der Waals surface area (Å²) in [5, 5.41) is 18.7. The third-order valence-corrected chi connectivity index (χ3v) is 7.38. The van der Waals surface area contributed by atoms with Crippen LogP contribution in [0.15, 0.2) is 121 Å². The number of aliphatic hydroxyl groups is 2. The zero-order valence-electron chi connectivity index (χ0n) is 23.8. The lowest BCUT2D eigenvalue weighted by Crippen LogP contribution is -2.09. The van der Waals surface area contributed by atoms with Gasteiger partial charge in [-0.1, -0.05) is 96.1 Å². The molecule has 0 aromatic heterocycles. The molecule has 3 nitrogen and oxygen atoms in total. The maximum absolute atomic E-state index is 9.34. The van der Waals surface area contributed by atoms with Crippen molar-refractivity contribution in [1.82, 2.24) is 0 Å². The summed E-state index contributed by atoms with van der Waals surface area (Å²) in [5.74, 6) is 0. The highest BCUT2D eigenvalue weighted by molar-refractivity contribution is 5.92. The van der Waals surface area contributed by atoms with Gasteiger partial charge in [0.1, 0.15) is 0 Å². The summed E-state index contributed by atoms with van der Waals surface area (Å²) in [4.78, 5) is 2.28. The quantitative estimate of drug-likeness (QED) is 0.175. The van der Waals surface area contributed by atoms with Crippen molar-refractivity contribution in [2.24, 2.45) is 0 Å². The molecule has 206 valence electrons. The Labute approximate surface area is 243 Å². The second-order valence-electron chi connectivity index (χ2n) is 10.5. The molecule has 41 heavy (non-hydrogen) atoms. The number of anilines is 3. The second kappa shape index (κ2) is 13.3. The lowest BCUT2D eigenvalue weighted by Gasteiger charge is -2.26. The van der Waals surface area contributed by atoms with Crippen LogP contribution in [-0.2, 0) is 12.8 Å². The van der Waals surface area contributed by atoms with Gasteiger partial charge >= 0.3 is 0 Å². The highest BCUT2D eigenvalue weighted by atomic mass is 16.3. The molecule has 0 aliphatic heterocycles. The van der Waals surface area contributed by atoms with E-state index < -0.39 is 0 Å². The molecule has 3 heteroatoms. The molecular formula is C38H37NO2. The van der Waals surface area contributed by atoms with Gasteiger partial charge in [0.2, 0.25) is 0 Å². The van der Waals surface area contributed by atoms with Crippen molar-refractivity contribution in [1.29, 1.82) is 0 Å².